The van der Waals surface area contributed by atoms with Crippen LogP contribution in [-0.4, -0.2) is 25.7 Å². The van der Waals surface area contributed by atoms with Gasteiger partial charge in [0.1, 0.15) is 0 Å². The number of rotatable bonds is 3. The van der Waals surface area contributed by atoms with Gasteiger partial charge in [-0.1, -0.05) is 15.9 Å². The van der Waals surface area contributed by atoms with E-state index in [0.717, 1.165) is 42.6 Å². The van der Waals surface area contributed by atoms with Crippen LogP contribution in [0.5, 0.6) is 0 Å². The van der Waals surface area contributed by atoms with E-state index < -0.39 is 0 Å². The number of carbonyl (C=O) groups is 1. The fraction of sp³-hybridized carbons (Fsp3) is 0.500. The molecule has 0 radical (unpaired) electrons. The summed E-state index contributed by atoms with van der Waals surface area (Å²) >= 11 is 3.41. The van der Waals surface area contributed by atoms with E-state index in [1.807, 2.05) is 25.1 Å². The van der Waals surface area contributed by atoms with Crippen molar-refractivity contribution in [3.8, 4) is 0 Å². The summed E-state index contributed by atoms with van der Waals surface area (Å²) < 4.78 is 6.25. The summed E-state index contributed by atoms with van der Waals surface area (Å²) in [6.07, 6.45) is 2.08. The molecule has 0 spiro atoms. The van der Waals surface area contributed by atoms with E-state index in [0.29, 0.717) is 11.5 Å². The van der Waals surface area contributed by atoms with Gasteiger partial charge in [0, 0.05) is 29.8 Å². The van der Waals surface area contributed by atoms with E-state index in [9.17, 15) is 4.79 Å². The molecule has 0 bridgehead atoms. The first-order valence-electron chi connectivity index (χ1n) is 6.28. The molecule has 1 saturated heterocycles. The Kier molecular flexibility index (Phi) is 4.78. The molecule has 1 fully saturated rings. The SMILES string of the molecule is Cc1cc(Br)cc(C(=O)NCC2CCOCC2)c1. The highest BCUT2D eigenvalue weighted by Gasteiger charge is 2.15. The summed E-state index contributed by atoms with van der Waals surface area (Å²) in [5.41, 5.74) is 1.80. The van der Waals surface area contributed by atoms with Gasteiger partial charge in [-0.25, -0.2) is 0 Å². The van der Waals surface area contributed by atoms with Gasteiger partial charge in [0.15, 0.2) is 0 Å². The predicted octanol–water partition coefficient (Wildman–Crippen LogP) is 2.91. The smallest absolute Gasteiger partial charge is 0.251 e. The Morgan fingerprint density at radius 2 is 2.11 bits per heavy atom. The zero-order valence-electron chi connectivity index (χ0n) is 10.5. The number of halogens is 1. The molecule has 0 aromatic heterocycles. The predicted molar refractivity (Wildman–Crippen MR) is 74.8 cm³/mol. The lowest BCUT2D eigenvalue weighted by Gasteiger charge is -2.22. The minimum atomic E-state index is 0.00546. The molecule has 18 heavy (non-hydrogen) atoms. The van der Waals surface area contributed by atoms with Gasteiger partial charge in [-0.05, 0) is 49.4 Å². The second kappa shape index (κ2) is 6.34. The number of amides is 1. The van der Waals surface area contributed by atoms with Gasteiger partial charge in [-0.3, -0.25) is 4.79 Å². The van der Waals surface area contributed by atoms with E-state index in [-0.39, 0.29) is 5.91 Å². The van der Waals surface area contributed by atoms with E-state index in [2.05, 4.69) is 21.2 Å². The van der Waals surface area contributed by atoms with Crippen molar-refractivity contribution in [2.24, 2.45) is 5.92 Å². The Hall–Kier alpha value is -0.870. The average Bonchev–Trinajstić information content (AvgIpc) is 2.36. The van der Waals surface area contributed by atoms with Gasteiger partial charge in [0.2, 0.25) is 0 Å². The molecule has 3 nitrogen and oxygen atoms in total. The van der Waals surface area contributed by atoms with Crippen molar-refractivity contribution >= 4 is 21.8 Å². The fourth-order valence-corrected chi connectivity index (χ4v) is 2.76. The van der Waals surface area contributed by atoms with Crippen molar-refractivity contribution in [2.75, 3.05) is 19.8 Å². The van der Waals surface area contributed by atoms with Crippen molar-refractivity contribution in [1.82, 2.24) is 5.32 Å². The highest BCUT2D eigenvalue weighted by Crippen LogP contribution is 2.16. The number of benzene rings is 1. The van der Waals surface area contributed by atoms with Crippen LogP contribution in [0, 0.1) is 12.8 Å². The third-order valence-electron chi connectivity index (χ3n) is 3.20. The summed E-state index contributed by atoms with van der Waals surface area (Å²) in [7, 11) is 0. The molecule has 1 heterocycles. The Morgan fingerprint density at radius 3 is 2.78 bits per heavy atom. The third-order valence-corrected chi connectivity index (χ3v) is 3.65. The lowest BCUT2D eigenvalue weighted by Crippen LogP contribution is -2.32. The lowest BCUT2D eigenvalue weighted by atomic mass is 10.0. The Balaban J connectivity index is 1.90. The fourth-order valence-electron chi connectivity index (χ4n) is 2.16. The lowest BCUT2D eigenvalue weighted by molar-refractivity contribution is 0.0642. The minimum Gasteiger partial charge on any atom is -0.381 e. The molecule has 2 rings (SSSR count). The van der Waals surface area contributed by atoms with Crippen LogP contribution in [0.15, 0.2) is 22.7 Å². The van der Waals surface area contributed by atoms with Crippen LogP contribution in [0.1, 0.15) is 28.8 Å². The number of ether oxygens (including phenoxy) is 1. The molecular weight excluding hydrogens is 294 g/mol. The van der Waals surface area contributed by atoms with Crippen LogP contribution >= 0.6 is 15.9 Å². The van der Waals surface area contributed by atoms with Gasteiger partial charge in [-0.15, -0.1) is 0 Å². The van der Waals surface area contributed by atoms with Crippen molar-refractivity contribution in [3.63, 3.8) is 0 Å². The van der Waals surface area contributed by atoms with Gasteiger partial charge < -0.3 is 10.1 Å². The zero-order valence-corrected chi connectivity index (χ0v) is 12.1. The van der Waals surface area contributed by atoms with E-state index in [1.165, 1.54) is 0 Å². The van der Waals surface area contributed by atoms with Gasteiger partial charge in [0.25, 0.3) is 5.91 Å². The molecule has 1 aromatic rings. The first kappa shape index (κ1) is 13.6. The third kappa shape index (κ3) is 3.82. The first-order valence-corrected chi connectivity index (χ1v) is 7.07. The minimum absolute atomic E-state index is 0.00546. The molecule has 1 amide bonds. The van der Waals surface area contributed by atoms with Crippen LogP contribution in [-0.2, 0) is 4.74 Å². The summed E-state index contributed by atoms with van der Waals surface area (Å²) in [5.74, 6) is 0.557. The van der Waals surface area contributed by atoms with Crippen molar-refractivity contribution < 1.29 is 9.53 Å². The molecular formula is C14H18BrNO2. The summed E-state index contributed by atoms with van der Waals surface area (Å²) in [5, 5.41) is 3.01. The number of nitrogens with one attached hydrogen (secondary N) is 1. The van der Waals surface area contributed by atoms with Gasteiger partial charge in [0.05, 0.1) is 0 Å². The molecule has 1 aromatic carbocycles. The van der Waals surface area contributed by atoms with Gasteiger partial charge >= 0.3 is 0 Å². The molecule has 1 aliphatic rings. The van der Waals surface area contributed by atoms with Gasteiger partial charge in [-0.2, -0.15) is 0 Å². The molecule has 1 N–H and O–H groups in total. The highest BCUT2D eigenvalue weighted by atomic mass is 79.9. The largest absolute Gasteiger partial charge is 0.381 e. The summed E-state index contributed by atoms with van der Waals surface area (Å²) in [4.78, 5) is 12.0. The van der Waals surface area contributed by atoms with E-state index >= 15 is 0 Å². The van der Waals surface area contributed by atoms with Crippen molar-refractivity contribution in [2.45, 2.75) is 19.8 Å². The van der Waals surface area contributed by atoms with E-state index in [4.69, 9.17) is 4.74 Å². The molecule has 0 unspecified atom stereocenters. The van der Waals surface area contributed by atoms with Crippen LogP contribution in [0.3, 0.4) is 0 Å². The first-order chi connectivity index (χ1) is 8.65. The second-order valence-corrected chi connectivity index (χ2v) is 5.70. The Bertz CT molecular complexity index is 408. The monoisotopic (exact) mass is 311 g/mol. The molecule has 0 aliphatic carbocycles. The average molecular weight is 312 g/mol. The van der Waals surface area contributed by atoms with Crippen LogP contribution < -0.4 is 5.32 Å². The van der Waals surface area contributed by atoms with Crippen molar-refractivity contribution in [3.05, 3.63) is 33.8 Å². The zero-order chi connectivity index (χ0) is 13.0. The molecule has 0 saturated carbocycles. The topological polar surface area (TPSA) is 38.3 Å². The maximum absolute atomic E-state index is 12.0. The number of hydrogen-bond acceptors (Lipinski definition) is 2. The quantitative estimate of drug-likeness (QED) is 0.932. The van der Waals surface area contributed by atoms with Crippen molar-refractivity contribution in [1.29, 1.82) is 0 Å². The van der Waals surface area contributed by atoms with Crippen LogP contribution in [0.25, 0.3) is 0 Å². The maximum Gasteiger partial charge on any atom is 0.251 e. The number of hydrogen-bond donors (Lipinski definition) is 1. The molecule has 1 aliphatic heterocycles. The normalized spacial score (nSPS) is 16.6. The second-order valence-electron chi connectivity index (χ2n) is 4.78. The maximum atomic E-state index is 12.0. The number of carbonyl (C=O) groups excluding carboxylic acids is 1. The molecule has 98 valence electrons. The van der Waals surface area contributed by atoms with Crippen LogP contribution in [0.2, 0.25) is 0 Å². The standard InChI is InChI=1S/C14H18BrNO2/c1-10-6-12(8-13(15)7-10)14(17)16-9-11-2-4-18-5-3-11/h6-8,11H,2-5,9H2,1H3,(H,16,17). The highest BCUT2D eigenvalue weighted by molar-refractivity contribution is 9.10. The van der Waals surface area contributed by atoms with Crippen LogP contribution in [0.4, 0.5) is 0 Å². The molecule has 0 atom stereocenters. The summed E-state index contributed by atoms with van der Waals surface area (Å²) in [6, 6.07) is 5.76. The molecule has 4 heteroatoms. The Morgan fingerprint density at radius 1 is 1.39 bits per heavy atom. The Labute approximate surface area is 116 Å². The number of aryl methyl sites for hydroxylation is 1. The van der Waals surface area contributed by atoms with E-state index in [1.54, 1.807) is 0 Å². The summed E-state index contributed by atoms with van der Waals surface area (Å²) in [6.45, 7) is 4.36.